The highest BCUT2D eigenvalue weighted by molar-refractivity contribution is 6.30. The van der Waals surface area contributed by atoms with E-state index in [1.165, 1.54) is 18.4 Å². The summed E-state index contributed by atoms with van der Waals surface area (Å²) in [7, 11) is 0. The van der Waals surface area contributed by atoms with Gasteiger partial charge in [0.2, 0.25) is 0 Å². The van der Waals surface area contributed by atoms with Crippen molar-refractivity contribution in [3.63, 3.8) is 0 Å². The van der Waals surface area contributed by atoms with Crippen LogP contribution >= 0.6 is 11.6 Å². The van der Waals surface area contributed by atoms with Crippen molar-refractivity contribution in [2.45, 2.75) is 44.2 Å². The van der Waals surface area contributed by atoms with E-state index in [4.69, 9.17) is 16.0 Å². The van der Waals surface area contributed by atoms with Gasteiger partial charge in [0, 0.05) is 23.5 Å². The van der Waals surface area contributed by atoms with Crippen LogP contribution in [0.25, 0.3) is 0 Å². The summed E-state index contributed by atoms with van der Waals surface area (Å²) in [5.41, 5.74) is 1.37. The quantitative estimate of drug-likeness (QED) is 0.882. The topological polar surface area (TPSA) is 25.2 Å². The summed E-state index contributed by atoms with van der Waals surface area (Å²) < 4.78 is 5.39. The maximum Gasteiger partial charge on any atom is 0.105 e. The second-order valence-corrected chi connectivity index (χ2v) is 6.21. The molecule has 0 amide bonds. The number of hydrogen-bond donors (Lipinski definition) is 1. The number of nitrogens with one attached hydrogen (secondary N) is 1. The lowest BCUT2D eigenvalue weighted by molar-refractivity contribution is 0.265. The summed E-state index contributed by atoms with van der Waals surface area (Å²) in [6.45, 7) is 2.22. The van der Waals surface area contributed by atoms with E-state index < -0.39 is 0 Å². The van der Waals surface area contributed by atoms with Gasteiger partial charge in [-0.2, -0.15) is 0 Å². The first-order valence-corrected chi connectivity index (χ1v) is 7.62. The van der Waals surface area contributed by atoms with Crippen molar-refractivity contribution in [1.82, 2.24) is 5.32 Å². The Bertz CT molecular complexity index is 546. The van der Waals surface area contributed by atoms with Gasteiger partial charge in [0.25, 0.3) is 0 Å². The van der Waals surface area contributed by atoms with E-state index >= 15 is 0 Å². The van der Waals surface area contributed by atoms with Crippen LogP contribution in [0.15, 0.2) is 47.1 Å². The molecule has 3 rings (SSSR count). The maximum absolute atomic E-state index is 6.04. The molecule has 1 aromatic heterocycles. The zero-order valence-corrected chi connectivity index (χ0v) is 12.4. The van der Waals surface area contributed by atoms with Crippen molar-refractivity contribution in [3.8, 4) is 0 Å². The molecule has 0 bridgehead atoms. The highest BCUT2D eigenvalue weighted by Gasteiger charge is 2.31. The molecule has 1 saturated carbocycles. The Morgan fingerprint density at radius 2 is 2.15 bits per heavy atom. The van der Waals surface area contributed by atoms with Crippen LogP contribution in [0.3, 0.4) is 0 Å². The second-order valence-electron chi connectivity index (χ2n) is 5.77. The van der Waals surface area contributed by atoms with E-state index in [9.17, 15) is 0 Å². The largest absolute Gasteiger partial charge is 0.469 e. The molecular formula is C17H20ClNO. The van der Waals surface area contributed by atoms with Crippen molar-refractivity contribution < 1.29 is 4.42 Å². The first-order chi connectivity index (χ1) is 9.70. The zero-order chi connectivity index (χ0) is 13.9. The van der Waals surface area contributed by atoms with Gasteiger partial charge in [0.1, 0.15) is 5.76 Å². The molecule has 106 valence electrons. The number of furan rings is 1. The van der Waals surface area contributed by atoms with Crippen LogP contribution in [0, 0.1) is 0 Å². The van der Waals surface area contributed by atoms with Crippen molar-refractivity contribution >= 4 is 11.6 Å². The molecule has 1 aliphatic carbocycles. The van der Waals surface area contributed by atoms with Crippen LogP contribution in [0.4, 0.5) is 0 Å². The molecule has 2 nitrogen and oxygen atoms in total. The molecule has 0 spiro atoms. The number of rotatable bonds is 5. The maximum atomic E-state index is 6.04. The summed E-state index contributed by atoms with van der Waals surface area (Å²) in [5.74, 6) is 1.71. The van der Waals surface area contributed by atoms with Crippen LogP contribution in [-0.2, 0) is 6.42 Å². The van der Waals surface area contributed by atoms with Gasteiger partial charge in [-0.25, -0.2) is 0 Å². The first kappa shape index (κ1) is 13.7. The number of hydrogen-bond acceptors (Lipinski definition) is 2. The third kappa shape index (κ3) is 3.25. The molecule has 1 fully saturated rings. The monoisotopic (exact) mass is 289 g/mol. The Morgan fingerprint density at radius 3 is 2.85 bits per heavy atom. The van der Waals surface area contributed by atoms with E-state index in [0.717, 1.165) is 17.2 Å². The van der Waals surface area contributed by atoms with E-state index in [1.807, 2.05) is 24.3 Å². The van der Waals surface area contributed by atoms with E-state index in [2.05, 4.69) is 24.4 Å². The molecule has 1 N–H and O–H groups in total. The van der Waals surface area contributed by atoms with Crippen LogP contribution < -0.4 is 5.32 Å². The fourth-order valence-corrected chi connectivity index (χ4v) is 3.18. The van der Waals surface area contributed by atoms with Crippen molar-refractivity contribution in [2.75, 3.05) is 0 Å². The summed E-state index contributed by atoms with van der Waals surface area (Å²) in [6.07, 6.45) is 5.08. The molecule has 0 aliphatic heterocycles. The Balaban J connectivity index is 1.46. The third-order valence-corrected chi connectivity index (χ3v) is 4.30. The Kier molecular flexibility index (Phi) is 4.13. The van der Waals surface area contributed by atoms with Gasteiger partial charge in [0.05, 0.1) is 6.26 Å². The molecule has 1 aromatic carbocycles. The van der Waals surface area contributed by atoms with Gasteiger partial charge in [-0.15, -0.1) is 0 Å². The van der Waals surface area contributed by atoms with Crippen molar-refractivity contribution in [3.05, 3.63) is 59.0 Å². The van der Waals surface area contributed by atoms with Crippen molar-refractivity contribution in [1.29, 1.82) is 0 Å². The predicted molar refractivity (Wildman–Crippen MR) is 82.2 cm³/mol. The number of halogens is 1. The SMILES string of the molecule is CC(Cc1ccco1)NC1CC(c2cccc(Cl)c2)C1. The Labute approximate surface area is 125 Å². The van der Waals surface area contributed by atoms with Gasteiger partial charge in [-0.1, -0.05) is 23.7 Å². The molecule has 20 heavy (non-hydrogen) atoms. The van der Waals surface area contributed by atoms with Gasteiger partial charge in [0.15, 0.2) is 0 Å². The van der Waals surface area contributed by atoms with Gasteiger partial charge in [-0.3, -0.25) is 0 Å². The molecular weight excluding hydrogens is 270 g/mol. The Morgan fingerprint density at radius 1 is 1.30 bits per heavy atom. The summed E-state index contributed by atoms with van der Waals surface area (Å²) in [5, 5.41) is 4.51. The minimum atomic E-state index is 0.450. The predicted octanol–water partition coefficient (Wildman–Crippen LogP) is 4.40. The lowest BCUT2D eigenvalue weighted by atomic mass is 9.75. The molecule has 2 aromatic rings. The molecule has 0 radical (unpaired) electrons. The first-order valence-electron chi connectivity index (χ1n) is 7.24. The van der Waals surface area contributed by atoms with Crippen LogP contribution in [0.5, 0.6) is 0 Å². The van der Waals surface area contributed by atoms with Crippen LogP contribution in [0.1, 0.15) is 37.0 Å². The van der Waals surface area contributed by atoms with E-state index in [1.54, 1.807) is 6.26 Å². The van der Waals surface area contributed by atoms with Crippen LogP contribution in [0.2, 0.25) is 5.02 Å². The van der Waals surface area contributed by atoms with Gasteiger partial charge >= 0.3 is 0 Å². The normalized spacial score (nSPS) is 23.3. The van der Waals surface area contributed by atoms with Crippen molar-refractivity contribution in [2.24, 2.45) is 0 Å². The minimum Gasteiger partial charge on any atom is -0.469 e. The summed E-state index contributed by atoms with van der Waals surface area (Å²) in [4.78, 5) is 0. The highest BCUT2D eigenvalue weighted by atomic mass is 35.5. The summed E-state index contributed by atoms with van der Waals surface area (Å²) >= 11 is 6.04. The minimum absolute atomic E-state index is 0.450. The molecule has 1 atom stereocenters. The highest BCUT2D eigenvalue weighted by Crippen LogP contribution is 2.37. The lowest BCUT2D eigenvalue weighted by Gasteiger charge is -2.38. The summed E-state index contributed by atoms with van der Waals surface area (Å²) in [6, 6.07) is 13.3. The van der Waals surface area contributed by atoms with E-state index in [0.29, 0.717) is 18.0 Å². The number of benzene rings is 1. The standard InChI is InChI=1S/C17H20ClNO/c1-12(8-17-6-3-7-20-17)19-16-10-14(11-16)13-4-2-5-15(18)9-13/h2-7,9,12,14,16,19H,8,10-11H2,1H3. The third-order valence-electron chi connectivity index (χ3n) is 4.07. The molecule has 0 saturated heterocycles. The van der Waals surface area contributed by atoms with Crippen LogP contribution in [-0.4, -0.2) is 12.1 Å². The average Bonchev–Trinajstić information content (AvgIpc) is 2.86. The molecule has 3 heteroatoms. The van der Waals surface area contributed by atoms with E-state index in [-0.39, 0.29) is 0 Å². The molecule has 1 heterocycles. The average molecular weight is 290 g/mol. The second kappa shape index (κ2) is 6.02. The smallest absolute Gasteiger partial charge is 0.105 e. The fraction of sp³-hybridized carbons (Fsp3) is 0.412. The molecule has 1 unspecified atom stereocenters. The van der Waals surface area contributed by atoms with Gasteiger partial charge in [-0.05, 0) is 55.5 Å². The van der Waals surface area contributed by atoms with Gasteiger partial charge < -0.3 is 9.73 Å². The zero-order valence-electron chi connectivity index (χ0n) is 11.7. The lowest BCUT2D eigenvalue weighted by Crippen LogP contribution is -2.45. The molecule has 1 aliphatic rings. The Hall–Kier alpha value is -1.25. The fourth-order valence-electron chi connectivity index (χ4n) is 2.98.